The lowest BCUT2D eigenvalue weighted by Crippen LogP contribution is -2.14. The SMILES string of the molecule is Cc1cccc2c(C(C[N+](=O)[O-])c3ccc(N)c(Br)c3)c[nH]c12. The van der Waals surface area contributed by atoms with E-state index in [0.717, 1.165) is 32.1 Å². The molecule has 3 rings (SSSR count). The summed E-state index contributed by atoms with van der Waals surface area (Å²) in [6.45, 7) is 1.85. The van der Waals surface area contributed by atoms with E-state index in [1.54, 1.807) is 6.07 Å². The molecule has 1 heterocycles. The number of para-hydroxylation sites is 1. The second-order valence-corrected chi connectivity index (χ2v) is 6.44. The van der Waals surface area contributed by atoms with Crippen LogP contribution in [0.2, 0.25) is 0 Å². The molecule has 118 valence electrons. The molecule has 1 atom stereocenters. The Kier molecular flexibility index (Phi) is 4.09. The van der Waals surface area contributed by atoms with E-state index >= 15 is 0 Å². The molecule has 0 amide bonds. The zero-order valence-corrected chi connectivity index (χ0v) is 14.1. The van der Waals surface area contributed by atoms with Crippen LogP contribution in [-0.4, -0.2) is 16.5 Å². The number of nitrogens with one attached hydrogen (secondary N) is 1. The molecule has 1 aromatic heterocycles. The summed E-state index contributed by atoms with van der Waals surface area (Å²) in [5, 5.41) is 12.2. The Balaban J connectivity index is 2.16. The number of rotatable bonds is 4. The normalized spacial score (nSPS) is 12.4. The molecule has 1 unspecified atom stereocenters. The number of nitrogens with zero attached hydrogens (tertiary/aromatic N) is 1. The van der Waals surface area contributed by atoms with Gasteiger partial charge in [-0.05, 0) is 51.7 Å². The van der Waals surface area contributed by atoms with E-state index < -0.39 is 0 Å². The van der Waals surface area contributed by atoms with E-state index in [4.69, 9.17) is 5.73 Å². The van der Waals surface area contributed by atoms with Crippen molar-refractivity contribution in [3.05, 3.63) is 73.9 Å². The summed E-state index contributed by atoms with van der Waals surface area (Å²) in [5.74, 6) is -0.336. The number of aromatic nitrogens is 1. The molecule has 3 N–H and O–H groups in total. The first kappa shape index (κ1) is 15.6. The van der Waals surface area contributed by atoms with Crippen LogP contribution in [0, 0.1) is 17.0 Å². The summed E-state index contributed by atoms with van der Waals surface area (Å²) in [6.07, 6.45) is 1.87. The fourth-order valence-electron chi connectivity index (χ4n) is 2.91. The van der Waals surface area contributed by atoms with Gasteiger partial charge in [-0.25, -0.2) is 0 Å². The summed E-state index contributed by atoms with van der Waals surface area (Å²) >= 11 is 3.40. The zero-order valence-electron chi connectivity index (χ0n) is 12.5. The molecule has 0 radical (unpaired) electrons. The van der Waals surface area contributed by atoms with Gasteiger partial charge in [0.25, 0.3) is 0 Å². The van der Waals surface area contributed by atoms with E-state index in [1.807, 2.05) is 43.5 Å². The highest BCUT2D eigenvalue weighted by Gasteiger charge is 2.24. The second kappa shape index (κ2) is 6.04. The number of nitrogens with two attached hydrogens (primary N) is 1. The summed E-state index contributed by atoms with van der Waals surface area (Å²) in [4.78, 5) is 14.2. The van der Waals surface area contributed by atoms with Crippen LogP contribution >= 0.6 is 15.9 Å². The largest absolute Gasteiger partial charge is 0.398 e. The summed E-state index contributed by atoms with van der Waals surface area (Å²) in [6, 6.07) is 11.5. The molecule has 0 saturated heterocycles. The van der Waals surface area contributed by atoms with Gasteiger partial charge in [0.05, 0.1) is 5.92 Å². The van der Waals surface area contributed by atoms with E-state index in [1.165, 1.54) is 0 Å². The minimum absolute atomic E-state index is 0.169. The zero-order chi connectivity index (χ0) is 16.6. The lowest BCUT2D eigenvalue weighted by molar-refractivity contribution is -0.481. The van der Waals surface area contributed by atoms with Crippen LogP contribution in [0.15, 0.2) is 47.1 Å². The van der Waals surface area contributed by atoms with Crippen molar-refractivity contribution in [1.82, 2.24) is 4.98 Å². The maximum atomic E-state index is 11.2. The number of anilines is 1. The van der Waals surface area contributed by atoms with Crippen molar-refractivity contribution in [2.75, 3.05) is 12.3 Å². The fourth-order valence-corrected chi connectivity index (χ4v) is 3.30. The van der Waals surface area contributed by atoms with Gasteiger partial charge in [0.1, 0.15) is 0 Å². The van der Waals surface area contributed by atoms with Gasteiger partial charge in [0.15, 0.2) is 0 Å². The van der Waals surface area contributed by atoms with Crippen molar-refractivity contribution in [3.63, 3.8) is 0 Å². The molecule has 5 nitrogen and oxygen atoms in total. The third-order valence-electron chi connectivity index (χ3n) is 4.09. The van der Waals surface area contributed by atoms with Crippen molar-refractivity contribution in [2.45, 2.75) is 12.8 Å². The van der Waals surface area contributed by atoms with Gasteiger partial charge in [-0.1, -0.05) is 24.3 Å². The van der Waals surface area contributed by atoms with Crippen LogP contribution in [0.25, 0.3) is 10.9 Å². The highest BCUT2D eigenvalue weighted by molar-refractivity contribution is 9.10. The lowest BCUT2D eigenvalue weighted by atomic mass is 9.90. The van der Waals surface area contributed by atoms with Crippen LogP contribution in [-0.2, 0) is 0 Å². The lowest BCUT2D eigenvalue weighted by Gasteiger charge is -2.14. The standard InChI is InChI=1S/C17H16BrN3O2/c1-10-3-2-4-12-13(8-20-17(10)12)14(9-21(22)23)11-5-6-16(19)15(18)7-11/h2-8,14,20H,9,19H2,1H3. The molecule has 0 aliphatic rings. The first-order valence-electron chi connectivity index (χ1n) is 7.20. The highest BCUT2D eigenvalue weighted by Crippen LogP contribution is 2.34. The van der Waals surface area contributed by atoms with Gasteiger partial charge < -0.3 is 10.7 Å². The van der Waals surface area contributed by atoms with Crippen molar-refractivity contribution >= 4 is 32.5 Å². The average Bonchev–Trinajstić information content (AvgIpc) is 2.93. The monoisotopic (exact) mass is 373 g/mol. The smallest absolute Gasteiger partial charge is 0.214 e. The number of fused-ring (bicyclic) bond motifs is 1. The molecule has 0 aliphatic carbocycles. The number of benzene rings is 2. The Hall–Kier alpha value is -2.34. The number of hydrogen-bond acceptors (Lipinski definition) is 3. The maximum absolute atomic E-state index is 11.2. The predicted molar refractivity (Wildman–Crippen MR) is 95.3 cm³/mol. The molecule has 2 aromatic carbocycles. The van der Waals surface area contributed by atoms with Gasteiger partial charge in [0, 0.05) is 32.2 Å². The molecular weight excluding hydrogens is 358 g/mol. The van der Waals surface area contributed by atoms with Crippen LogP contribution in [0.1, 0.15) is 22.6 Å². The number of H-pyrrole nitrogens is 1. The second-order valence-electron chi connectivity index (χ2n) is 5.59. The number of halogens is 1. The summed E-state index contributed by atoms with van der Waals surface area (Å²) < 4.78 is 0.749. The Morgan fingerprint density at radius 3 is 2.83 bits per heavy atom. The van der Waals surface area contributed by atoms with Crippen molar-refractivity contribution < 1.29 is 4.92 Å². The van der Waals surface area contributed by atoms with Gasteiger partial charge >= 0.3 is 0 Å². The predicted octanol–water partition coefficient (Wildman–Crippen LogP) is 4.23. The molecule has 6 heteroatoms. The van der Waals surface area contributed by atoms with Crippen molar-refractivity contribution in [3.8, 4) is 0 Å². The quantitative estimate of drug-likeness (QED) is 0.407. The summed E-state index contributed by atoms with van der Waals surface area (Å²) in [7, 11) is 0. The molecule has 0 saturated carbocycles. The van der Waals surface area contributed by atoms with E-state index in [9.17, 15) is 10.1 Å². The Morgan fingerprint density at radius 2 is 2.13 bits per heavy atom. The van der Waals surface area contributed by atoms with Crippen LogP contribution in [0.4, 0.5) is 5.69 Å². The molecule has 0 fully saturated rings. The maximum Gasteiger partial charge on any atom is 0.214 e. The first-order valence-corrected chi connectivity index (χ1v) is 8.00. The van der Waals surface area contributed by atoms with Crippen LogP contribution < -0.4 is 5.73 Å². The fraction of sp³-hybridized carbons (Fsp3) is 0.176. The highest BCUT2D eigenvalue weighted by atomic mass is 79.9. The molecule has 0 bridgehead atoms. The number of hydrogen-bond donors (Lipinski definition) is 2. The number of nitrogen functional groups attached to an aromatic ring is 1. The molecule has 0 aliphatic heterocycles. The average molecular weight is 374 g/mol. The third-order valence-corrected chi connectivity index (χ3v) is 4.78. The van der Waals surface area contributed by atoms with E-state index in [0.29, 0.717) is 5.69 Å². The van der Waals surface area contributed by atoms with Gasteiger partial charge in [-0.3, -0.25) is 10.1 Å². The van der Waals surface area contributed by atoms with E-state index in [-0.39, 0.29) is 17.4 Å². The van der Waals surface area contributed by atoms with Crippen molar-refractivity contribution in [1.29, 1.82) is 0 Å². The van der Waals surface area contributed by atoms with Crippen LogP contribution in [0.3, 0.4) is 0 Å². The Morgan fingerprint density at radius 1 is 1.35 bits per heavy atom. The Labute approximate surface area is 141 Å². The minimum atomic E-state index is -0.336. The van der Waals surface area contributed by atoms with Gasteiger partial charge in [-0.2, -0.15) is 0 Å². The number of aryl methyl sites for hydroxylation is 1. The molecule has 23 heavy (non-hydrogen) atoms. The topological polar surface area (TPSA) is 84.9 Å². The summed E-state index contributed by atoms with van der Waals surface area (Å²) in [5.41, 5.74) is 10.4. The minimum Gasteiger partial charge on any atom is -0.398 e. The number of aromatic amines is 1. The number of nitro groups is 1. The molecule has 3 aromatic rings. The molecule has 0 spiro atoms. The van der Waals surface area contributed by atoms with E-state index in [2.05, 4.69) is 20.9 Å². The third kappa shape index (κ3) is 2.94. The molecular formula is C17H16BrN3O2. The van der Waals surface area contributed by atoms with Gasteiger partial charge in [-0.15, -0.1) is 0 Å². The van der Waals surface area contributed by atoms with Crippen LogP contribution in [0.5, 0.6) is 0 Å². The first-order chi connectivity index (χ1) is 11.0. The van der Waals surface area contributed by atoms with Crippen molar-refractivity contribution in [2.24, 2.45) is 0 Å². The Bertz CT molecular complexity index is 889. The van der Waals surface area contributed by atoms with Gasteiger partial charge in [0.2, 0.25) is 6.54 Å².